The molecule has 0 radical (unpaired) electrons. The first-order valence-electron chi connectivity index (χ1n) is 12.1. The van der Waals surface area contributed by atoms with Gasteiger partial charge in [0.15, 0.2) is 11.6 Å². The Morgan fingerprint density at radius 2 is 1.70 bits per heavy atom. The third-order valence-corrected chi connectivity index (χ3v) is 7.89. The maximum absolute atomic E-state index is 14.6. The summed E-state index contributed by atoms with van der Waals surface area (Å²) < 4.78 is 33.8. The summed E-state index contributed by atoms with van der Waals surface area (Å²) in [5.74, 6) is 1.40. The summed E-state index contributed by atoms with van der Waals surface area (Å²) in [6.45, 7) is 2.28. The van der Waals surface area contributed by atoms with Gasteiger partial charge in [0.05, 0.1) is 7.11 Å². The Morgan fingerprint density at radius 1 is 0.900 bits per heavy atom. The zero-order valence-corrected chi connectivity index (χ0v) is 18.6. The Morgan fingerprint density at radius 3 is 2.50 bits per heavy atom. The minimum atomic E-state index is -0.886. The van der Waals surface area contributed by atoms with Crippen LogP contribution in [-0.2, 0) is 0 Å². The van der Waals surface area contributed by atoms with Crippen LogP contribution in [0.25, 0.3) is 10.8 Å². The number of halogens is 2. The molecule has 0 N–H and O–H groups in total. The first kappa shape index (κ1) is 21.6. The molecule has 30 heavy (non-hydrogen) atoms. The van der Waals surface area contributed by atoms with Crippen LogP contribution in [-0.4, -0.2) is 7.11 Å². The van der Waals surface area contributed by atoms with Crippen LogP contribution >= 0.6 is 0 Å². The van der Waals surface area contributed by atoms with Gasteiger partial charge in [0.1, 0.15) is 0 Å². The molecule has 0 saturated heterocycles. The zero-order valence-electron chi connectivity index (χ0n) is 18.6. The van der Waals surface area contributed by atoms with Crippen molar-refractivity contribution in [3.05, 3.63) is 41.5 Å². The molecule has 3 heteroatoms. The number of rotatable bonds is 7. The van der Waals surface area contributed by atoms with Crippen LogP contribution in [0, 0.1) is 29.4 Å². The summed E-state index contributed by atoms with van der Waals surface area (Å²) in [6.07, 6.45) is 14.7. The van der Waals surface area contributed by atoms with Crippen molar-refractivity contribution in [2.75, 3.05) is 7.11 Å². The zero-order chi connectivity index (χ0) is 21.1. The summed E-state index contributed by atoms with van der Waals surface area (Å²) >= 11 is 0. The third kappa shape index (κ3) is 4.50. The second-order valence-corrected chi connectivity index (χ2v) is 9.75. The molecule has 4 rings (SSSR count). The maximum atomic E-state index is 14.6. The number of benzene rings is 2. The number of unbranched alkanes of at least 4 members (excludes halogenated alkanes) is 3. The van der Waals surface area contributed by atoms with Gasteiger partial charge in [-0.25, -0.2) is 4.39 Å². The Labute approximate surface area is 180 Å². The van der Waals surface area contributed by atoms with Crippen molar-refractivity contribution < 1.29 is 13.5 Å². The van der Waals surface area contributed by atoms with Gasteiger partial charge >= 0.3 is 0 Å². The summed E-state index contributed by atoms with van der Waals surface area (Å²) in [5, 5.41) is 1.08. The highest BCUT2D eigenvalue weighted by atomic mass is 19.2. The number of fused-ring (bicyclic) bond motifs is 2. The van der Waals surface area contributed by atoms with E-state index in [9.17, 15) is 8.78 Å². The normalized spacial score (nSPS) is 26.5. The van der Waals surface area contributed by atoms with Gasteiger partial charge in [0, 0.05) is 5.39 Å². The largest absolute Gasteiger partial charge is 0.494 e. The summed E-state index contributed by atoms with van der Waals surface area (Å²) in [7, 11) is 1.37. The smallest absolute Gasteiger partial charge is 0.201 e. The predicted octanol–water partition coefficient (Wildman–Crippen LogP) is 8.40. The van der Waals surface area contributed by atoms with E-state index in [0.29, 0.717) is 16.7 Å². The van der Waals surface area contributed by atoms with Gasteiger partial charge in [-0.2, -0.15) is 4.39 Å². The van der Waals surface area contributed by atoms with Gasteiger partial charge in [-0.1, -0.05) is 57.6 Å². The van der Waals surface area contributed by atoms with E-state index in [1.165, 1.54) is 83.3 Å². The van der Waals surface area contributed by atoms with E-state index in [-0.39, 0.29) is 5.75 Å². The van der Waals surface area contributed by atoms with Crippen molar-refractivity contribution in [3.8, 4) is 5.75 Å². The van der Waals surface area contributed by atoms with E-state index in [0.717, 1.165) is 17.8 Å². The van der Waals surface area contributed by atoms with E-state index >= 15 is 0 Å². The van der Waals surface area contributed by atoms with Gasteiger partial charge in [0.2, 0.25) is 5.82 Å². The minimum absolute atomic E-state index is 0.0280. The van der Waals surface area contributed by atoms with Crippen molar-refractivity contribution in [1.29, 1.82) is 0 Å². The molecule has 2 aromatic carbocycles. The Bertz CT molecular complexity index is 862. The van der Waals surface area contributed by atoms with Crippen molar-refractivity contribution >= 4 is 10.8 Å². The Hall–Kier alpha value is -1.64. The summed E-state index contributed by atoms with van der Waals surface area (Å²) in [5.41, 5.74) is 1.17. The van der Waals surface area contributed by atoms with Crippen LogP contribution in [0.2, 0.25) is 0 Å². The number of ether oxygens (including phenoxy) is 1. The average Bonchev–Trinajstić information content (AvgIpc) is 2.78. The van der Waals surface area contributed by atoms with Gasteiger partial charge in [-0.3, -0.25) is 0 Å². The summed E-state index contributed by atoms with van der Waals surface area (Å²) in [4.78, 5) is 0. The molecule has 0 aromatic heterocycles. The molecule has 0 bridgehead atoms. The fourth-order valence-corrected chi connectivity index (χ4v) is 6.13. The van der Waals surface area contributed by atoms with Crippen LogP contribution in [0.5, 0.6) is 5.75 Å². The molecule has 2 unspecified atom stereocenters. The van der Waals surface area contributed by atoms with Crippen molar-refractivity contribution in [1.82, 2.24) is 0 Å². The first-order chi connectivity index (χ1) is 14.6. The molecule has 4 atom stereocenters. The lowest BCUT2D eigenvalue weighted by Gasteiger charge is -2.42. The quantitative estimate of drug-likeness (QED) is 0.413. The van der Waals surface area contributed by atoms with E-state index in [2.05, 4.69) is 13.0 Å². The Balaban J connectivity index is 1.41. The van der Waals surface area contributed by atoms with Crippen LogP contribution < -0.4 is 4.74 Å². The van der Waals surface area contributed by atoms with E-state index < -0.39 is 11.6 Å². The molecule has 1 nitrogen and oxygen atoms in total. The molecule has 0 aliphatic heterocycles. The molecule has 2 aromatic rings. The molecule has 2 aliphatic carbocycles. The van der Waals surface area contributed by atoms with Crippen molar-refractivity contribution in [3.63, 3.8) is 0 Å². The highest BCUT2D eigenvalue weighted by Crippen LogP contribution is 2.48. The van der Waals surface area contributed by atoms with E-state index in [4.69, 9.17) is 4.74 Å². The van der Waals surface area contributed by atoms with Crippen LogP contribution in [0.4, 0.5) is 8.78 Å². The van der Waals surface area contributed by atoms with Gasteiger partial charge in [-0.05, 0) is 78.9 Å². The molecule has 2 fully saturated rings. The van der Waals surface area contributed by atoms with Gasteiger partial charge in [0.25, 0.3) is 0 Å². The Kier molecular flexibility index (Phi) is 6.95. The maximum Gasteiger partial charge on any atom is 0.201 e. The molecular formula is C27H36F2O. The molecule has 164 valence electrons. The van der Waals surface area contributed by atoms with Crippen LogP contribution in [0.3, 0.4) is 0 Å². The molecule has 0 heterocycles. The van der Waals surface area contributed by atoms with Gasteiger partial charge < -0.3 is 4.74 Å². The minimum Gasteiger partial charge on any atom is -0.494 e. The topological polar surface area (TPSA) is 9.23 Å². The molecule has 2 aliphatic rings. The SMILES string of the molecule is CCCCCCC1CCC2C[C@H](c3ccc4cc(OC)c(F)c(F)c4c3)CC[C@@H]2C1. The lowest BCUT2D eigenvalue weighted by Crippen LogP contribution is -2.30. The second-order valence-electron chi connectivity index (χ2n) is 9.75. The molecular weight excluding hydrogens is 378 g/mol. The van der Waals surface area contributed by atoms with Crippen molar-refractivity contribution in [2.45, 2.75) is 83.5 Å². The fraction of sp³-hybridized carbons (Fsp3) is 0.630. The first-order valence-corrected chi connectivity index (χ1v) is 12.1. The van der Waals surface area contributed by atoms with Crippen LogP contribution in [0.1, 0.15) is 89.0 Å². The molecule has 0 amide bonds. The standard InChI is InChI=1S/C27H36F2O/c1-3-4-5-6-7-18-8-9-20-15-21(11-10-19(20)14-18)22-12-13-23-17-25(30-2)27(29)26(28)24(23)16-22/h12-13,16-21H,3-11,14-15H2,1-2H3/t18?,19-,20?,21-/m1/s1. The summed E-state index contributed by atoms with van der Waals surface area (Å²) in [6, 6.07) is 7.52. The highest BCUT2D eigenvalue weighted by molar-refractivity contribution is 5.85. The van der Waals surface area contributed by atoms with Crippen LogP contribution in [0.15, 0.2) is 24.3 Å². The molecule has 0 spiro atoms. The highest BCUT2D eigenvalue weighted by Gasteiger charge is 2.35. The number of hydrogen-bond donors (Lipinski definition) is 0. The van der Waals surface area contributed by atoms with E-state index in [1.54, 1.807) is 6.07 Å². The van der Waals surface area contributed by atoms with E-state index in [1.807, 2.05) is 12.1 Å². The average molecular weight is 415 g/mol. The number of hydrogen-bond acceptors (Lipinski definition) is 1. The predicted molar refractivity (Wildman–Crippen MR) is 120 cm³/mol. The fourth-order valence-electron chi connectivity index (χ4n) is 6.13. The number of methoxy groups -OCH3 is 1. The lowest BCUT2D eigenvalue weighted by atomic mass is 9.63. The second kappa shape index (κ2) is 9.66. The van der Waals surface area contributed by atoms with Gasteiger partial charge in [-0.15, -0.1) is 0 Å². The lowest BCUT2D eigenvalue weighted by molar-refractivity contribution is 0.113. The monoisotopic (exact) mass is 414 g/mol. The third-order valence-electron chi connectivity index (χ3n) is 7.89. The van der Waals surface area contributed by atoms with Crippen molar-refractivity contribution in [2.24, 2.45) is 17.8 Å². The molecule has 2 saturated carbocycles.